The normalized spacial score (nSPS) is 11.2. The topological polar surface area (TPSA) is 83.5 Å². The molecule has 0 amide bonds. The minimum absolute atomic E-state index is 0.0143. The van der Waals surface area contributed by atoms with Crippen LogP contribution in [-0.4, -0.2) is 26.0 Å². The Labute approximate surface area is 106 Å². The third-order valence-electron chi connectivity index (χ3n) is 2.46. The minimum atomic E-state index is -3.71. The number of carboxylic acids is 1. The number of carbonyl (C=O) groups is 1. The molecule has 1 rings (SSSR count). The lowest BCUT2D eigenvalue weighted by Gasteiger charge is -2.10. The number of aromatic carboxylic acids is 1. The second-order valence-electron chi connectivity index (χ2n) is 3.88. The molecule has 1 aromatic rings. The molecule has 0 saturated heterocycles. The molecule has 5 nitrogen and oxygen atoms in total. The number of nitrogens with one attached hydrogen (secondary N) is 1. The minimum Gasteiger partial charge on any atom is -0.478 e. The maximum Gasteiger partial charge on any atom is 0.335 e. The quantitative estimate of drug-likeness (QED) is 0.793. The molecule has 0 aliphatic rings. The number of sulfonamides is 1. The fraction of sp³-hybridized carbons (Fsp3) is 0.250. The number of hydrogen-bond acceptors (Lipinski definition) is 3. The Bertz CT molecular complexity index is 590. The first-order valence-corrected chi connectivity index (χ1v) is 6.73. The van der Waals surface area contributed by atoms with Crippen molar-refractivity contribution in [2.24, 2.45) is 0 Å². The Kier molecular flexibility index (Phi) is 4.26. The third-order valence-corrected chi connectivity index (χ3v) is 4.03. The van der Waals surface area contributed by atoms with Crippen molar-refractivity contribution in [3.8, 4) is 0 Å². The lowest BCUT2D eigenvalue weighted by Crippen LogP contribution is -2.25. The summed E-state index contributed by atoms with van der Waals surface area (Å²) in [4.78, 5) is 11.0. The molecular formula is C12H15NO4S. The molecule has 0 radical (unpaired) electrons. The summed E-state index contributed by atoms with van der Waals surface area (Å²) in [5.41, 5.74) is 1.02. The highest BCUT2D eigenvalue weighted by Gasteiger charge is 2.19. The predicted octanol–water partition coefficient (Wildman–Crippen LogP) is 1.47. The van der Waals surface area contributed by atoms with Crippen molar-refractivity contribution < 1.29 is 18.3 Å². The molecule has 0 unspecified atom stereocenters. The highest BCUT2D eigenvalue weighted by atomic mass is 32.2. The van der Waals surface area contributed by atoms with Gasteiger partial charge in [-0.1, -0.05) is 12.1 Å². The van der Waals surface area contributed by atoms with Crippen molar-refractivity contribution in [2.75, 3.05) is 6.54 Å². The Morgan fingerprint density at radius 3 is 2.50 bits per heavy atom. The Hall–Kier alpha value is -1.66. The second-order valence-corrected chi connectivity index (χ2v) is 5.61. The molecular weight excluding hydrogens is 254 g/mol. The van der Waals surface area contributed by atoms with E-state index in [4.69, 9.17) is 5.11 Å². The van der Waals surface area contributed by atoms with E-state index < -0.39 is 16.0 Å². The van der Waals surface area contributed by atoms with Gasteiger partial charge in [0.2, 0.25) is 10.0 Å². The molecule has 1 aromatic carbocycles. The summed E-state index contributed by atoms with van der Waals surface area (Å²) in [6, 6.07) is 2.73. The van der Waals surface area contributed by atoms with E-state index in [0.717, 1.165) is 0 Å². The van der Waals surface area contributed by atoms with Crippen molar-refractivity contribution in [2.45, 2.75) is 18.7 Å². The average Bonchev–Trinajstić information content (AvgIpc) is 2.25. The lowest BCUT2D eigenvalue weighted by molar-refractivity contribution is 0.0696. The third kappa shape index (κ3) is 2.96. The van der Waals surface area contributed by atoms with Crippen molar-refractivity contribution in [1.29, 1.82) is 0 Å². The van der Waals surface area contributed by atoms with Gasteiger partial charge in [-0.25, -0.2) is 17.9 Å². The molecule has 0 atom stereocenters. The molecule has 0 fully saturated rings. The Morgan fingerprint density at radius 1 is 1.39 bits per heavy atom. The molecule has 0 aliphatic carbocycles. The van der Waals surface area contributed by atoms with E-state index in [0.29, 0.717) is 11.1 Å². The van der Waals surface area contributed by atoms with Gasteiger partial charge in [-0.05, 0) is 31.0 Å². The summed E-state index contributed by atoms with van der Waals surface area (Å²) in [5.74, 6) is -1.15. The van der Waals surface area contributed by atoms with Crippen LogP contribution in [0.25, 0.3) is 0 Å². The number of aryl methyl sites for hydroxylation is 2. The van der Waals surface area contributed by atoms with E-state index in [1.807, 2.05) is 0 Å². The van der Waals surface area contributed by atoms with Gasteiger partial charge in [-0.3, -0.25) is 0 Å². The maximum atomic E-state index is 11.9. The van der Waals surface area contributed by atoms with E-state index in [1.165, 1.54) is 12.1 Å². The van der Waals surface area contributed by atoms with Gasteiger partial charge in [-0.15, -0.1) is 6.58 Å². The van der Waals surface area contributed by atoms with Crippen molar-refractivity contribution in [3.63, 3.8) is 0 Å². The molecule has 0 bridgehead atoms. The van der Waals surface area contributed by atoms with Gasteiger partial charge >= 0.3 is 5.97 Å². The number of hydrogen-bond donors (Lipinski definition) is 2. The summed E-state index contributed by atoms with van der Waals surface area (Å²) < 4.78 is 26.2. The molecule has 98 valence electrons. The molecule has 0 heterocycles. The summed E-state index contributed by atoms with van der Waals surface area (Å²) in [6.07, 6.45) is 1.42. The first-order valence-electron chi connectivity index (χ1n) is 5.24. The molecule has 0 aromatic heterocycles. The molecule has 2 N–H and O–H groups in total. The molecule has 0 spiro atoms. The van der Waals surface area contributed by atoms with Gasteiger partial charge < -0.3 is 5.11 Å². The van der Waals surface area contributed by atoms with Gasteiger partial charge in [0.15, 0.2) is 0 Å². The van der Waals surface area contributed by atoms with Crippen LogP contribution >= 0.6 is 0 Å². The standard InChI is InChI=1S/C12H15NO4S/c1-4-5-13-18(16,17)11-7-10(12(14)15)8(2)6-9(11)3/h4,6-7,13H,1,5H2,2-3H3,(H,14,15). The van der Waals surface area contributed by atoms with E-state index in [2.05, 4.69) is 11.3 Å². The zero-order valence-electron chi connectivity index (χ0n) is 10.2. The SMILES string of the molecule is C=CCNS(=O)(=O)c1cc(C(=O)O)c(C)cc1C. The first kappa shape index (κ1) is 14.4. The van der Waals surface area contributed by atoms with Gasteiger partial charge in [0.1, 0.15) is 0 Å². The summed E-state index contributed by atoms with van der Waals surface area (Å²) in [5, 5.41) is 8.99. The maximum absolute atomic E-state index is 11.9. The summed E-state index contributed by atoms with van der Waals surface area (Å²) >= 11 is 0. The first-order chi connectivity index (χ1) is 8.29. The highest BCUT2D eigenvalue weighted by molar-refractivity contribution is 7.89. The number of rotatable bonds is 5. The van der Waals surface area contributed by atoms with Gasteiger partial charge in [0.25, 0.3) is 0 Å². The van der Waals surface area contributed by atoms with E-state index in [1.54, 1.807) is 19.9 Å². The van der Waals surface area contributed by atoms with Gasteiger partial charge in [0.05, 0.1) is 10.5 Å². The fourth-order valence-electron chi connectivity index (χ4n) is 1.60. The van der Waals surface area contributed by atoms with Crippen molar-refractivity contribution in [1.82, 2.24) is 4.72 Å². The molecule has 0 saturated carbocycles. The highest BCUT2D eigenvalue weighted by Crippen LogP contribution is 2.20. The van der Waals surface area contributed by atoms with Crippen LogP contribution in [0.5, 0.6) is 0 Å². The van der Waals surface area contributed by atoms with Crippen LogP contribution in [0.3, 0.4) is 0 Å². The number of benzene rings is 1. The fourth-order valence-corrected chi connectivity index (χ4v) is 2.85. The zero-order chi connectivity index (χ0) is 13.9. The Balaban J connectivity index is 3.37. The lowest BCUT2D eigenvalue weighted by atomic mass is 10.1. The molecule has 18 heavy (non-hydrogen) atoms. The largest absolute Gasteiger partial charge is 0.478 e. The van der Waals surface area contributed by atoms with Crippen LogP contribution in [-0.2, 0) is 10.0 Å². The van der Waals surface area contributed by atoms with Crippen LogP contribution in [0.2, 0.25) is 0 Å². The van der Waals surface area contributed by atoms with Crippen LogP contribution in [0.1, 0.15) is 21.5 Å². The van der Waals surface area contributed by atoms with E-state index in [9.17, 15) is 13.2 Å². The van der Waals surface area contributed by atoms with E-state index >= 15 is 0 Å². The zero-order valence-corrected chi connectivity index (χ0v) is 11.0. The summed E-state index contributed by atoms with van der Waals surface area (Å²) in [6.45, 7) is 6.77. The van der Waals surface area contributed by atoms with E-state index in [-0.39, 0.29) is 17.0 Å². The number of carboxylic acid groups (broad SMARTS) is 1. The molecule has 0 aliphatic heterocycles. The van der Waals surface area contributed by atoms with Crippen LogP contribution in [0, 0.1) is 13.8 Å². The Morgan fingerprint density at radius 2 is 2.00 bits per heavy atom. The molecule has 6 heteroatoms. The van der Waals surface area contributed by atoms with Crippen molar-refractivity contribution in [3.05, 3.63) is 41.5 Å². The van der Waals surface area contributed by atoms with Gasteiger partial charge in [-0.2, -0.15) is 0 Å². The van der Waals surface area contributed by atoms with Gasteiger partial charge in [0, 0.05) is 6.54 Å². The van der Waals surface area contributed by atoms with Crippen molar-refractivity contribution >= 4 is 16.0 Å². The second kappa shape index (κ2) is 5.32. The summed E-state index contributed by atoms with van der Waals surface area (Å²) in [7, 11) is -3.71. The van der Waals surface area contributed by atoms with Crippen LogP contribution in [0.4, 0.5) is 0 Å². The smallest absolute Gasteiger partial charge is 0.335 e. The van der Waals surface area contributed by atoms with Crippen LogP contribution < -0.4 is 4.72 Å². The van der Waals surface area contributed by atoms with Crippen LogP contribution in [0.15, 0.2) is 29.7 Å². The monoisotopic (exact) mass is 269 g/mol. The predicted molar refractivity (Wildman–Crippen MR) is 68.3 cm³/mol. The average molecular weight is 269 g/mol.